The van der Waals surface area contributed by atoms with Gasteiger partial charge in [-0.3, -0.25) is 0 Å². The second-order valence-corrected chi connectivity index (χ2v) is 6.17. The van der Waals surface area contributed by atoms with Gasteiger partial charge in [0.05, 0.1) is 22.9 Å². The molecule has 0 bridgehead atoms. The molecule has 0 aliphatic carbocycles. The lowest BCUT2D eigenvalue weighted by Crippen LogP contribution is -1.83. The van der Waals surface area contributed by atoms with Crippen LogP contribution in [0, 0.1) is 29.6 Å². The van der Waals surface area contributed by atoms with Crippen molar-refractivity contribution in [2.24, 2.45) is 0 Å². The molecular formula is C20H13N3S. The zero-order chi connectivity index (χ0) is 16.9. The first-order valence-corrected chi connectivity index (χ1v) is 8.22. The summed E-state index contributed by atoms with van der Waals surface area (Å²) in [5.74, 6) is 0. The van der Waals surface area contributed by atoms with Crippen molar-refractivity contribution >= 4 is 23.0 Å². The van der Waals surface area contributed by atoms with Crippen LogP contribution in [-0.2, 0) is 0 Å². The molecule has 0 atom stereocenters. The van der Waals surface area contributed by atoms with E-state index in [4.69, 9.17) is 5.26 Å². The highest BCUT2D eigenvalue weighted by Crippen LogP contribution is 2.27. The van der Waals surface area contributed by atoms with E-state index in [1.807, 2.05) is 48.7 Å². The van der Waals surface area contributed by atoms with Crippen LogP contribution in [0.3, 0.4) is 0 Å². The third kappa shape index (κ3) is 3.41. The van der Waals surface area contributed by atoms with Gasteiger partial charge in [0.1, 0.15) is 11.1 Å². The summed E-state index contributed by atoms with van der Waals surface area (Å²) >= 11 is 1.45. The molecule has 0 amide bonds. The van der Waals surface area contributed by atoms with Crippen molar-refractivity contribution in [2.75, 3.05) is 0 Å². The van der Waals surface area contributed by atoms with Crippen LogP contribution in [0.2, 0.25) is 0 Å². The lowest BCUT2D eigenvalue weighted by atomic mass is 10.1. The Labute approximate surface area is 144 Å². The number of nitriles is 2. The molecule has 3 aromatic rings. The smallest absolute Gasteiger partial charge is 0.134 e. The standard InChI is InChI=1S/C20H13N3S/c1-14-2-8-17(9-3-14)19-13-24-20(23-19)18(12-22)10-15-4-6-16(11-21)7-5-15/h2-10,13H,1H3. The number of rotatable bonds is 3. The summed E-state index contributed by atoms with van der Waals surface area (Å²) < 4.78 is 0. The summed E-state index contributed by atoms with van der Waals surface area (Å²) in [6.45, 7) is 2.05. The van der Waals surface area contributed by atoms with Crippen LogP contribution < -0.4 is 0 Å². The van der Waals surface area contributed by atoms with Crippen molar-refractivity contribution in [3.05, 3.63) is 75.6 Å². The van der Waals surface area contributed by atoms with Gasteiger partial charge in [-0.25, -0.2) is 4.98 Å². The first-order valence-electron chi connectivity index (χ1n) is 7.34. The van der Waals surface area contributed by atoms with Crippen molar-refractivity contribution in [1.82, 2.24) is 4.98 Å². The number of benzene rings is 2. The van der Waals surface area contributed by atoms with E-state index in [0.717, 1.165) is 16.8 Å². The van der Waals surface area contributed by atoms with Crippen molar-refractivity contribution in [1.29, 1.82) is 10.5 Å². The van der Waals surface area contributed by atoms with Crippen molar-refractivity contribution in [3.8, 4) is 23.4 Å². The molecular weight excluding hydrogens is 314 g/mol. The number of nitrogens with zero attached hydrogens (tertiary/aromatic N) is 3. The zero-order valence-corrected chi connectivity index (χ0v) is 13.8. The first kappa shape index (κ1) is 15.7. The highest BCUT2D eigenvalue weighted by Gasteiger charge is 2.09. The van der Waals surface area contributed by atoms with E-state index in [9.17, 15) is 5.26 Å². The number of hydrogen-bond acceptors (Lipinski definition) is 4. The van der Waals surface area contributed by atoms with E-state index in [0.29, 0.717) is 16.1 Å². The van der Waals surface area contributed by atoms with Crippen LogP contribution in [0.15, 0.2) is 53.9 Å². The van der Waals surface area contributed by atoms with Crippen LogP contribution in [0.4, 0.5) is 0 Å². The lowest BCUT2D eigenvalue weighted by Gasteiger charge is -1.98. The van der Waals surface area contributed by atoms with Gasteiger partial charge in [-0.2, -0.15) is 10.5 Å². The molecule has 0 fully saturated rings. The highest BCUT2D eigenvalue weighted by atomic mass is 32.1. The maximum Gasteiger partial charge on any atom is 0.134 e. The Morgan fingerprint density at radius 3 is 2.38 bits per heavy atom. The van der Waals surface area contributed by atoms with E-state index >= 15 is 0 Å². The van der Waals surface area contributed by atoms with E-state index in [2.05, 4.69) is 17.1 Å². The molecule has 0 spiro atoms. The SMILES string of the molecule is Cc1ccc(-c2csc(C(C#N)=Cc3ccc(C#N)cc3)n2)cc1. The van der Waals surface area contributed by atoms with Gasteiger partial charge in [-0.15, -0.1) is 11.3 Å². The fourth-order valence-electron chi connectivity index (χ4n) is 2.22. The van der Waals surface area contributed by atoms with Crippen LogP contribution in [0.5, 0.6) is 0 Å². The second-order valence-electron chi connectivity index (χ2n) is 5.31. The Balaban J connectivity index is 1.91. The molecule has 0 N–H and O–H groups in total. The van der Waals surface area contributed by atoms with Gasteiger partial charge in [-0.05, 0) is 30.7 Å². The summed E-state index contributed by atoms with van der Waals surface area (Å²) in [7, 11) is 0. The molecule has 1 heterocycles. The molecule has 0 radical (unpaired) electrons. The van der Waals surface area contributed by atoms with Gasteiger partial charge in [0.2, 0.25) is 0 Å². The van der Waals surface area contributed by atoms with Gasteiger partial charge in [0.25, 0.3) is 0 Å². The van der Waals surface area contributed by atoms with Crippen LogP contribution in [0.25, 0.3) is 22.9 Å². The summed E-state index contributed by atoms with van der Waals surface area (Å²) in [5.41, 5.74) is 5.10. The fourth-order valence-corrected chi connectivity index (χ4v) is 3.01. The lowest BCUT2D eigenvalue weighted by molar-refractivity contribution is 1.36. The second kappa shape index (κ2) is 6.91. The number of allylic oxidation sites excluding steroid dienone is 1. The van der Waals surface area contributed by atoms with Gasteiger partial charge >= 0.3 is 0 Å². The third-order valence-corrected chi connectivity index (χ3v) is 4.43. The predicted octanol–water partition coefficient (Wildman–Crippen LogP) is 5.05. The predicted molar refractivity (Wildman–Crippen MR) is 96.9 cm³/mol. The molecule has 0 unspecified atom stereocenters. The van der Waals surface area contributed by atoms with E-state index in [1.165, 1.54) is 16.9 Å². The number of thiazole rings is 1. The molecule has 0 aliphatic heterocycles. The molecule has 1 aromatic heterocycles. The number of aryl methyl sites for hydroxylation is 1. The molecule has 0 saturated carbocycles. The van der Waals surface area contributed by atoms with Gasteiger partial charge < -0.3 is 0 Å². The van der Waals surface area contributed by atoms with Gasteiger partial charge in [0.15, 0.2) is 0 Å². The molecule has 0 saturated heterocycles. The first-order chi connectivity index (χ1) is 11.7. The summed E-state index contributed by atoms with van der Waals surface area (Å²) in [5, 5.41) is 20.9. The molecule has 0 aliphatic rings. The zero-order valence-electron chi connectivity index (χ0n) is 13.0. The average Bonchev–Trinajstić information content (AvgIpc) is 3.10. The monoisotopic (exact) mass is 327 g/mol. The third-order valence-electron chi connectivity index (χ3n) is 3.55. The number of hydrogen-bond donors (Lipinski definition) is 0. The molecule has 24 heavy (non-hydrogen) atoms. The normalized spacial score (nSPS) is 10.9. The maximum atomic E-state index is 9.45. The van der Waals surface area contributed by atoms with Crippen LogP contribution >= 0.6 is 11.3 Å². The Bertz CT molecular complexity index is 965. The Morgan fingerprint density at radius 1 is 1.04 bits per heavy atom. The van der Waals surface area contributed by atoms with Crippen molar-refractivity contribution in [2.45, 2.75) is 6.92 Å². The topological polar surface area (TPSA) is 60.5 Å². The molecule has 4 heteroatoms. The van der Waals surface area contributed by atoms with E-state index in [-0.39, 0.29) is 0 Å². The van der Waals surface area contributed by atoms with E-state index < -0.39 is 0 Å². The van der Waals surface area contributed by atoms with Gasteiger partial charge in [0, 0.05) is 10.9 Å². The Morgan fingerprint density at radius 2 is 1.75 bits per heavy atom. The minimum absolute atomic E-state index is 0.517. The molecule has 3 nitrogen and oxygen atoms in total. The van der Waals surface area contributed by atoms with Crippen molar-refractivity contribution in [3.63, 3.8) is 0 Å². The highest BCUT2D eigenvalue weighted by molar-refractivity contribution is 7.11. The van der Waals surface area contributed by atoms with Crippen molar-refractivity contribution < 1.29 is 0 Å². The minimum atomic E-state index is 0.517. The largest absolute Gasteiger partial charge is 0.235 e. The van der Waals surface area contributed by atoms with Crippen LogP contribution in [0.1, 0.15) is 21.7 Å². The summed E-state index contributed by atoms with van der Waals surface area (Å²) in [4.78, 5) is 4.59. The fraction of sp³-hybridized carbons (Fsp3) is 0.0500. The van der Waals surface area contributed by atoms with E-state index in [1.54, 1.807) is 18.2 Å². The Hall–Kier alpha value is -3.21. The summed E-state index contributed by atoms with van der Waals surface area (Å²) in [6, 6.07) is 19.6. The number of aromatic nitrogens is 1. The minimum Gasteiger partial charge on any atom is -0.235 e. The average molecular weight is 327 g/mol. The molecule has 3 rings (SSSR count). The quantitative estimate of drug-likeness (QED) is 0.632. The van der Waals surface area contributed by atoms with Gasteiger partial charge in [-0.1, -0.05) is 42.0 Å². The Kier molecular flexibility index (Phi) is 4.52. The molecule has 114 valence electrons. The van der Waals surface area contributed by atoms with Crippen LogP contribution in [-0.4, -0.2) is 4.98 Å². The maximum absolute atomic E-state index is 9.45. The molecule has 2 aromatic carbocycles. The summed E-state index contributed by atoms with van der Waals surface area (Å²) in [6.07, 6.45) is 1.79.